The van der Waals surface area contributed by atoms with E-state index in [0.29, 0.717) is 6.61 Å². The summed E-state index contributed by atoms with van der Waals surface area (Å²) < 4.78 is 4.83. The maximum atomic E-state index is 12.3. The van der Waals surface area contributed by atoms with Gasteiger partial charge in [0, 0.05) is 16.6 Å². The molecular formula is C19H21NO3S. The number of thiophene rings is 1. The largest absolute Gasteiger partial charge is 0.463 e. The van der Waals surface area contributed by atoms with Gasteiger partial charge in [0.1, 0.15) is 0 Å². The van der Waals surface area contributed by atoms with Crippen molar-refractivity contribution in [1.82, 2.24) is 0 Å². The van der Waals surface area contributed by atoms with Crippen molar-refractivity contribution in [3.05, 3.63) is 57.3 Å². The first-order valence-corrected chi connectivity index (χ1v) is 8.70. The van der Waals surface area contributed by atoms with E-state index in [1.54, 1.807) is 13.0 Å². The Labute approximate surface area is 146 Å². The molecule has 0 aliphatic rings. The van der Waals surface area contributed by atoms with Crippen LogP contribution in [0.15, 0.2) is 36.4 Å². The highest BCUT2D eigenvalue weighted by atomic mass is 32.1. The minimum atomic E-state index is -0.366. The first kappa shape index (κ1) is 17.9. The van der Waals surface area contributed by atoms with Gasteiger partial charge < -0.3 is 10.1 Å². The fourth-order valence-corrected chi connectivity index (χ4v) is 3.22. The van der Waals surface area contributed by atoms with Crippen LogP contribution in [0.25, 0.3) is 6.08 Å². The third-order valence-corrected chi connectivity index (χ3v) is 4.81. The fourth-order valence-electron chi connectivity index (χ4n) is 2.21. The van der Waals surface area contributed by atoms with Crippen molar-refractivity contribution in [2.45, 2.75) is 27.2 Å². The molecule has 0 fully saturated rings. The number of hydrogen-bond acceptors (Lipinski definition) is 4. The normalized spacial score (nSPS) is 10.8. The molecule has 0 aliphatic carbocycles. The second kappa shape index (κ2) is 8.45. The summed E-state index contributed by atoms with van der Waals surface area (Å²) in [6.45, 7) is 6.23. The molecule has 2 aromatic rings. The molecule has 1 amide bonds. The lowest BCUT2D eigenvalue weighted by Gasteiger charge is -2.04. The summed E-state index contributed by atoms with van der Waals surface area (Å²) in [5.41, 5.74) is 2.74. The van der Waals surface area contributed by atoms with Crippen molar-refractivity contribution in [2.24, 2.45) is 0 Å². The summed E-state index contributed by atoms with van der Waals surface area (Å²) in [5.74, 6) is -0.465. The van der Waals surface area contributed by atoms with E-state index < -0.39 is 0 Å². The first-order valence-electron chi connectivity index (χ1n) is 7.89. The zero-order valence-corrected chi connectivity index (χ0v) is 14.9. The van der Waals surface area contributed by atoms with Crippen molar-refractivity contribution >= 4 is 35.0 Å². The van der Waals surface area contributed by atoms with Gasteiger partial charge in [-0.1, -0.05) is 19.1 Å². The number of ether oxygens (including phenoxy) is 1. The van der Waals surface area contributed by atoms with Crippen LogP contribution < -0.4 is 5.32 Å². The third-order valence-electron chi connectivity index (χ3n) is 3.43. The second-order valence-corrected chi connectivity index (χ2v) is 6.37. The Hall–Kier alpha value is -2.40. The van der Waals surface area contributed by atoms with E-state index in [2.05, 4.69) is 12.2 Å². The number of benzene rings is 1. The van der Waals surface area contributed by atoms with Gasteiger partial charge in [-0.2, -0.15) is 0 Å². The standard InChI is InChI=1S/C19H21NO3S/c1-4-16-13(3)12-17(24-16)19(22)20-15-9-6-14(7-10-15)8-11-18(21)23-5-2/h6-12H,4-5H2,1-3H3,(H,20,22)/b11-8+. The molecular weight excluding hydrogens is 322 g/mol. The lowest BCUT2D eigenvalue weighted by molar-refractivity contribution is -0.137. The summed E-state index contributed by atoms with van der Waals surface area (Å²) in [4.78, 5) is 25.5. The molecule has 126 valence electrons. The van der Waals surface area contributed by atoms with E-state index in [1.165, 1.54) is 22.3 Å². The number of anilines is 1. The van der Waals surface area contributed by atoms with Crippen LogP contribution in [0.4, 0.5) is 5.69 Å². The molecule has 1 aromatic heterocycles. The van der Waals surface area contributed by atoms with Gasteiger partial charge in [-0.25, -0.2) is 4.79 Å². The number of hydrogen-bond donors (Lipinski definition) is 1. The summed E-state index contributed by atoms with van der Waals surface area (Å²) in [6, 6.07) is 9.22. The molecule has 0 bridgehead atoms. The molecule has 24 heavy (non-hydrogen) atoms. The fraction of sp³-hybridized carbons (Fsp3) is 0.263. The smallest absolute Gasteiger partial charge is 0.330 e. The van der Waals surface area contributed by atoms with E-state index in [4.69, 9.17) is 4.74 Å². The van der Waals surface area contributed by atoms with Crippen molar-refractivity contribution in [3.63, 3.8) is 0 Å². The minimum absolute atomic E-state index is 0.0994. The molecule has 5 heteroatoms. The molecule has 0 unspecified atom stereocenters. The number of amides is 1. The molecule has 1 aromatic carbocycles. The number of carbonyl (C=O) groups excluding carboxylic acids is 2. The Morgan fingerprint density at radius 2 is 1.92 bits per heavy atom. The Morgan fingerprint density at radius 3 is 2.50 bits per heavy atom. The van der Waals surface area contributed by atoms with Gasteiger partial charge in [-0.05, 0) is 55.7 Å². The van der Waals surface area contributed by atoms with E-state index in [0.717, 1.165) is 28.1 Å². The molecule has 4 nitrogen and oxygen atoms in total. The van der Waals surface area contributed by atoms with Crippen LogP contribution in [-0.2, 0) is 16.0 Å². The number of esters is 1. The number of rotatable bonds is 6. The quantitative estimate of drug-likeness (QED) is 0.623. The molecule has 1 N–H and O–H groups in total. The highest BCUT2D eigenvalue weighted by molar-refractivity contribution is 7.14. The van der Waals surface area contributed by atoms with E-state index in [9.17, 15) is 9.59 Å². The van der Waals surface area contributed by atoms with Gasteiger partial charge in [0.2, 0.25) is 0 Å². The molecule has 1 heterocycles. The van der Waals surface area contributed by atoms with Crippen LogP contribution in [0.1, 0.15) is 39.5 Å². The van der Waals surface area contributed by atoms with Gasteiger partial charge in [0.15, 0.2) is 0 Å². The van der Waals surface area contributed by atoms with Crippen molar-refractivity contribution < 1.29 is 14.3 Å². The van der Waals surface area contributed by atoms with Crippen LogP contribution in [0, 0.1) is 6.92 Å². The SMILES string of the molecule is CCOC(=O)/C=C/c1ccc(NC(=O)c2cc(C)c(CC)s2)cc1. The maximum absolute atomic E-state index is 12.3. The molecule has 0 saturated carbocycles. The van der Waals surface area contributed by atoms with Crippen LogP contribution in [0.2, 0.25) is 0 Å². The average Bonchev–Trinajstić information content (AvgIpc) is 2.95. The lowest BCUT2D eigenvalue weighted by Crippen LogP contribution is -2.09. The van der Waals surface area contributed by atoms with Gasteiger partial charge in [-0.3, -0.25) is 4.79 Å². The second-order valence-electron chi connectivity index (χ2n) is 5.23. The zero-order chi connectivity index (χ0) is 17.5. The predicted octanol–water partition coefficient (Wildman–Crippen LogP) is 4.45. The molecule has 0 aliphatic heterocycles. The molecule has 2 rings (SSSR count). The monoisotopic (exact) mass is 343 g/mol. The first-order chi connectivity index (χ1) is 11.5. The Bertz CT molecular complexity index is 744. The molecule has 0 spiro atoms. The highest BCUT2D eigenvalue weighted by Gasteiger charge is 2.11. The van der Waals surface area contributed by atoms with Gasteiger partial charge in [-0.15, -0.1) is 11.3 Å². The van der Waals surface area contributed by atoms with Crippen molar-refractivity contribution in [2.75, 3.05) is 11.9 Å². The maximum Gasteiger partial charge on any atom is 0.330 e. The van der Waals surface area contributed by atoms with Gasteiger partial charge >= 0.3 is 5.97 Å². The summed E-state index contributed by atoms with van der Waals surface area (Å²) in [7, 11) is 0. The van der Waals surface area contributed by atoms with Gasteiger partial charge in [0.25, 0.3) is 5.91 Å². The summed E-state index contributed by atoms with van der Waals surface area (Å²) in [6.07, 6.45) is 4.00. The van der Waals surface area contributed by atoms with Crippen LogP contribution >= 0.6 is 11.3 Å². The number of carbonyl (C=O) groups is 2. The minimum Gasteiger partial charge on any atom is -0.463 e. The van der Waals surface area contributed by atoms with Gasteiger partial charge in [0.05, 0.1) is 11.5 Å². The summed E-state index contributed by atoms with van der Waals surface area (Å²) >= 11 is 1.53. The molecule has 0 saturated heterocycles. The van der Waals surface area contributed by atoms with Crippen LogP contribution in [0.3, 0.4) is 0 Å². The molecule has 0 radical (unpaired) electrons. The summed E-state index contributed by atoms with van der Waals surface area (Å²) in [5, 5.41) is 2.89. The zero-order valence-electron chi connectivity index (χ0n) is 14.1. The van der Waals surface area contributed by atoms with Crippen molar-refractivity contribution in [3.8, 4) is 0 Å². The van der Waals surface area contributed by atoms with Crippen LogP contribution in [0.5, 0.6) is 0 Å². The lowest BCUT2D eigenvalue weighted by atomic mass is 10.2. The topological polar surface area (TPSA) is 55.4 Å². The predicted molar refractivity (Wildman–Crippen MR) is 98.5 cm³/mol. The Morgan fingerprint density at radius 1 is 1.21 bits per heavy atom. The molecule has 0 atom stereocenters. The van der Waals surface area contributed by atoms with E-state index >= 15 is 0 Å². The number of aryl methyl sites for hydroxylation is 2. The van der Waals surface area contributed by atoms with Crippen molar-refractivity contribution in [1.29, 1.82) is 0 Å². The Balaban J connectivity index is 2.00. The van der Waals surface area contributed by atoms with Crippen LogP contribution in [-0.4, -0.2) is 18.5 Å². The van der Waals surface area contributed by atoms with E-state index in [1.807, 2.05) is 37.3 Å². The number of nitrogens with one attached hydrogen (secondary N) is 1. The average molecular weight is 343 g/mol. The van der Waals surface area contributed by atoms with E-state index in [-0.39, 0.29) is 11.9 Å². The highest BCUT2D eigenvalue weighted by Crippen LogP contribution is 2.23. The third kappa shape index (κ3) is 4.80. The Kier molecular flexibility index (Phi) is 6.32.